The second kappa shape index (κ2) is 5.11. The Hall–Kier alpha value is -0.670. The summed E-state index contributed by atoms with van der Waals surface area (Å²) >= 11 is 0. The van der Waals surface area contributed by atoms with Crippen LogP contribution in [0.5, 0.6) is 0 Å². The van der Waals surface area contributed by atoms with Crippen molar-refractivity contribution >= 4 is 7.82 Å². The third-order valence-electron chi connectivity index (χ3n) is 2.10. The largest absolute Gasteiger partial charge is 0.473 e. The fraction of sp³-hybridized carbons (Fsp3) is 0.455. The van der Waals surface area contributed by atoms with E-state index in [1.54, 1.807) is 20.8 Å². The topological polar surface area (TPSA) is 55.8 Å². The molecule has 1 rings (SSSR count). The lowest BCUT2D eigenvalue weighted by Crippen LogP contribution is -2.20. The molecule has 4 nitrogen and oxygen atoms in total. The van der Waals surface area contributed by atoms with Crippen LogP contribution in [0, 0.1) is 0 Å². The van der Waals surface area contributed by atoms with E-state index >= 15 is 0 Å². The van der Waals surface area contributed by atoms with Gasteiger partial charge < -0.3 is 4.89 Å². The van der Waals surface area contributed by atoms with E-state index < -0.39 is 13.4 Å². The molecule has 0 aromatic heterocycles. The molecule has 90 valence electrons. The molecule has 1 unspecified atom stereocenters. The monoisotopic (exact) mass is 244 g/mol. The molecular formula is C11H17O4P. The van der Waals surface area contributed by atoms with Crippen LogP contribution in [0.15, 0.2) is 30.3 Å². The van der Waals surface area contributed by atoms with Gasteiger partial charge in [0.25, 0.3) is 0 Å². The van der Waals surface area contributed by atoms with Gasteiger partial charge in [-0.05, 0) is 26.3 Å². The molecular weight excluding hydrogens is 227 g/mol. The fourth-order valence-electron chi connectivity index (χ4n) is 1.37. The average Bonchev–Trinajstić information content (AvgIpc) is 2.17. The van der Waals surface area contributed by atoms with Crippen LogP contribution >= 0.6 is 7.82 Å². The zero-order chi connectivity index (χ0) is 12.2. The lowest BCUT2D eigenvalue weighted by molar-refractivity contribution is 0.0482. The summed E-state index contributed by atoms with van der Waals surface area (Å²) in [6, 6.07) is 9.26. The number of benzene rings is 1. The Balaban J connectivity index is 2.84. The van der Waals surface area contributed by atoms with E-state index in [0.29, 0.717) is 0 Å². The maximum atomic E-state index is 11.5. The maximum absolute atomic E-state index is 11.5. The molecule has 0 radical (unpaired) electrons. The lowest BCUT2D eigenvalue weighted by atomic mass is 9.99. The van der Waals surface area contributed by atoms with Gasteiger partial charge in [-0.2, -0.15) is 0 Å². The Morgan fingerprint density at radius 1 is 1.31 bits per heavy atom. The number of rotatable bonds is 5. The second-order valence-corrected chi connectivity index (χ2v) is 5.23. The van der Waals surface area contributed by atoms with E-state index in [2.05, 4.69) is 4.52 Å². The molecule has 1 aromatic carbocycles. The molecule has 0 saturated carbocycles. The quantitative estimate of drug-likeness (QED) is 0.809. The van der Waals surface area contributed by atoms with Crippen molar-refractivity contribution in [3.05, 3.63) is 35.9 Å². The van der Waals surface area contributed by atoms with Gasteiger partial charge in [-0.1, -0.05) is 30.3 Å². The SMILES string of the molecule is CCOP(=O)(O)OC(C)(C)c1ccccc1. The van der Waals surface area contributed by atoms with Crippen molar-refractivity contribution in [2.24, 2.45) is 0 Å². The summed E-state index contributed by atoms with van der Waals surface area (Å²) in [7, 11) is -3.98. The molecule has 0 spiro atoms. The van der Waals surface area contributed by atoms with Crippen LogP contribution in [-0.4, -0.2) is 11.5 Å². The Morgan fingerprint density at radius 2 is 1.88 bits per heavy atom. The van der Waals surface area contributed by atoms with Gasteiger partial charge in [0, 0.05) is 0 Å². The molecule has 0 fully saturated rings. The minimum atomic E-state index is -3.98. The second-order valence-electron chi connectivity index (χ2n) is 3.85. The molecule has 5 heteroatoms. The van der Waals surface area contributed by atoms with E-state index in [-0.39, 0.29) is 6.61 Å². The highest BCUT2D eigenvalue weighted by Gasteiger charge is 2.32. The highest BCUT2D eigenvalue weighted by molar-refractivity contribution is 7.47. The average molecular weight is 244 g/mol. The minimum absolute atomic E-state index is 0.138. The van der Waals surface area contributed by atoms with E-state index in [0.717, 1.165) is 5.56 Å². The summed E-state index contributed by atoms with van der Waals surface area (Å²) < 4.78 is 21.3. The van der Waals surface area contributed by atoms with Crippen LogP contribution in [0.25, 0.3) is 0 Å². The van der Waals surface area contributed by atoms with Crippen molar-refractivity contribution in [3.8, 4) is 0 Å². The van der Waals surface area contributed by atoms with Crippen molar-refractivity contribution in [1.29, 1.82) is 0 Å². The standard InChI is InChI=1S/C11H17O4P/c1-4-14-16(12,13)15-11(2,3)10-8-6-5-7-9-10/h5-9H,4H2,1-3H3,(H,12,13). The Kier molecular flexibility index (Phi) is 4.28. The summed E-state index contributed by atoms with van der Waals surface area (Å²) in [6.07, 6.45) is 0. The highest BCUT2D eigenvalue weighted by atomic mass is 31.2. The van der Waals surface area contributed by atoms with Gasteiger partial charge in [0.15, 0.2) is 0 Å². The van der Waals surface area contributed by atoms with Gasteiger partial charge in [0.05, 0.1) is 12.2 Å². The predicted molar refractivity (Wildman–Crippen MR) is 62.0 cm³/mol. The van der Waals surface area contributed by atoms with Crippen molar-refractivity contribution < 1.29 is 18.5 Å². The van der Waals surface area contributed by atoms with Gasteiger partial charge in [-0.3, -0.25) is 9.05 Å². The number of phosphoric ester groups is 1. The zero-order valence-electron chi connectivity index (χ0n) is 9.71. The number of phosphoric acid groups is 1. The molecule has 1 aromatic rings. The van der Waals surface area contributed by atoms with Gasteiger partial charge >= 0.3 is 7.82 Å². The third kappa shape index (κ3) is 3.72. The van der Waals surface area contributed by atoms with E-state index in [4.69, 9.17) is 4.52 Å². The van der Waals surface area contributed by atoms with Crippen LogP contribution in [0.1, 0.15) is 26.3 Å². The Bertz CT molecular complexity index is 375. The van der Waals surface area contributed by atoms with Crippen molar-refractivity contribution in [2.75, 3.05) is 6.61 Å². The summed E-state index contributed by atoms with van der Waals surface area (Å²) in [5, 5.41) is 0. The molecule has 1 atom stereocenters. The molecule has 0 amide bonds. The van der Waals surface area contributed by atoms with Crippen molar-refractivity contribution in [2.45, 2.75) is 26.4 Å². The Morgan fingerprint density at radius 3 is 2.38 bits per heavy atom. The van der Waals surface area contributed by atoms with Gasteiger partial charge in [-0.25, -0.2) is 4.57 Å². The summed E-state index contributed by atoms with van der Waals surface area (Å²) in [5.41, 5.74) is -0.0373. The maximum Gasteiger partial charge on any atom is 0.473 e. The van der Waals surface area contributed by atoms with Gasteiger partial charge in [0.1, 0.15) is 0 Å². The summed E-state index contributed by atoms with van der Waals surface area (Å²) in [4.78, 5) is 9.42. The fourth-order valence-corrected chi connectivity index (χ4v) is 2.43. The van der Waals surface area contributed by atoms with Crippen molar-refractivity contribution in [1.82, 2.24) is 0 Å². The Labute approximate surface area is 95.8 Å². The predicted octanol–water partition coefficient (Wildman–Crippen LogP) is 3.08. The first kappa shape index (κ1) is 13.4. The molecule has 0 bridgehead atoms. The van der Waals surface area contributed by atoms with E-state index in [9.17, 15) is 9.46 Å². The molecule has 1 N–H and O–H groups in total. The van der Waals surface area contributed by atoms with Crippen LogP contribution < -0.4 is 0 Å². The minimum Gasteiger partial charge on any atom is -0.302 e. The number of hydrogen-bond donors (Lipinski definition) is 1. The third-order valence-corrected chi connectivity index (χ3v) is 3.38. The van der Waals surface area contributed by atoms with E-state index in [1.807, 2.05) is 30.3 Å². The van der Waals surface area contributed by atoms with Gasteiger partial charge in [-0.15, -0.1) is 0 Å². The van der Waals surface area contributed by atoms with Crippen LogP contribution in [0.4, 0.5) is 0 Å². The summed E-state index contributed by atoms with van der Waals surface area (Å²) in [6.45, 7) is 5.23. The molecule has 16 heavy (non-hydrogen) atoms. The number of hydrogen-bond acceptors (Lipinski definition) is 3. The highest BCUT2D eigenvalue weighted by Crippen LogP contribution is 2.49. The molecule has 0 aliphatic carbocycles. The van der Waals surface area contributed by atoms with E-state index in [1.165, 1.54) is 0 Å². The smallest absolute Gasteiger partial charge is 0.302 e. The van der Waals surface area contributed by atoms with Gasteiger partial charge in [0.2, 0.25) is 0 Å². The first-order valence-corrected chi connectivity index (χ1v) is 6.60. The molecule has 0 heterocycles. The molecule has 0 aliphatic heterocycles. The first-order valence-electron chi connectivity index (χ1n) is 5.11. The first-order chi connectivity index (χ1) is 7.37. The van der Waals surface area contributed by atoms with Crippen LogP contribution in [0.3, 0.4) is 0 Å². The molecule has 0 aliphatic rings. The van der Waals surface area contributed by atoms with Crippen LogP contribution in [0.2, 0.25) is 0 Å². The summed E-state index contributed by atoms with van der Waals surface area (Å²) in [5.74, 6) is 0. The van der Waals surface area contributed by atoms with Crippen LogP contribution in [-0.2, 0) is 19.2 Å². The van der Waals surface area contributed by atoms with Crippen molar-refractivity contribution in [3.63, 3.8) is 0 Å². The lowest BCUT2D eigenvalue weighted by Gasteiger charge is -2.27. The normalized spacial score (nSPS) is 15.8. The zero-order valence-corrected chi connectivity index (χ0v) is 10.6. The molecule has 0 saturated heterocycles.